The van der Waals surface area contributed by atoms with Gasteiger partial charge in [0.2, 0.25) is 5.91 Å². The molecule has 2 N–H and O–H groups in total. The van der Waals surface area contributed by atoms with E-state index in [-0.39, 0.29) is 38.0 Å². The summed E-state index contributed by atoms with van der Waals surface area (Å²) in [5.74, 6) is -0.810. The van der Waals surface area contributed by atoms with Gasteiger partial charge in [0, 0.05) is 19.0 Å². The molecule has 2 atom stereocenters. The van der Waals surface area contributed by atoms with Gasteiger partial charge in [0.1, 0.15) is 12.6 Å². The molecule has 0 bridgehead atoms. The van der Waals surface area contributed by atoms with E-state index >= 15 is 0 Å². The van der Waals surface area contributed by atoms with E-state index in [9.17, 15) is 14.4 Å². The second-order valence-corrected chi connectivity index (χ2v) is 9.58. The minimum atomic E-state index is -0.962. The number of carboxylic acids is 1. The molecular formula is C27H30N2O6. The number of benzene rings is 2. The Labute approximate surface area is 204 Å². The van der Waals surface area contributed by atoms with Crippen LogP contribution in [-0.2, 0) is 19.1 Å². The number of amides is 2. The van der Waals surface area contributed by atoms with Gasteiger partial charge in [0.05, 0.1) is 19.1 Å². The number of nitrogens with one attached hydrogen (secondary N) is 1. The van der Waals surface area contributed by atoms with Gasteiger partial charge in [0.15, 0.2) is 0 Å². The molecule has 35 heavy (non-hydrogen) atoms. The lowest BCUT2D eigenvalue weighted by Crippen LogP contribution is -2.54. The summed E-state index contributed by atoms with van der Waals surface area (Å²) in [5, 5.41) is 11.9. The maximum Gasteiger partial charge on any atom is 0.407 e. The first-order valence-corrected chi connectivity index (χ1v) is 12.2. The average Bonchev–Trinajstić information content (AvgIpc) is 3.62. The Hall–Kier alpha value is -3.39. The van der Waals surface area contributed by atoms with Crippen molar-refractivity contribution >= 4 is 18.0 Å². The third-order valence-electron chi connectivity index (χ3n) is 7.05. The SMILES string of the molecule is O=C(O)CC1CN(C(=O)C(CC2CC2)NC(=O)OCC2c3ccccc3-c3ccccc32)CCO1. The van der Waals surface area contributed by atoms with Crippen molar-refractivity contribution in [3.05, 3.63) is 59.7 Å². The highest BCUT2D eigenvalue weighted by Gasteiger charge is 2.36. The van der Waals surface area contributed by atoms with Crippen LogP contribution in [0.2, 0.25) is 0 Å². The predicted molar refractivity (Wildman–Crippen MR) is 128 cm³/mol. The average molecular weight is 479 g/mol. The highest BCUT2D eigenvalue weighted by Crippen LogP contribution is 2.44. The van der Waals surface area contributed by atoms with Crippen molar-refractivity contribution in [2.75, 3.05) is 26.3 Å². The van der Waals surface area contributed by atoms with Gasteiger partial charge in [-0.3, -0.25) is 9.59 Å². The molecule has 2 aromatic carbocycles. The number of hydrogen-bond acceptors (Lipinski definition) is 5. The molecule has 2 fully saturated rings. The molecule has 3 aliphatic rings. The minimum absolute atomic E-state index is 0.0539. The normalized spacial score (nSPS) is 20.0. The second kappa shape index (κ2) is 10.1. The lowest BCUT2D eigenvalue weighted by atomic mass is 9.98. The van der Waals surface area contributed by atoms with Gasteiger partial charge in [0.25, 0.3) is 0 Å². The molecule has 1 heterocycles. The van der Waals surface area contributed by atoms with E-state index in [0.29, 0.717) is 18.9 Å². The number of rotatable bonds is 8. The summed E-state index contributed by atoms with van der Waals surface area (Å²) in [6, 6.07) is 15.6. The quantitative estimate of drug-likeness (QED) is 0.603. The van der Waals surface area contributed by atoms with E-state index in [4.69, 9.17) is 14.6 Å². The second-order valence-electron chi connectivity index (χ2n) is 9.58. The van der Waals surface area contributed by atoms with Crippen LogP contribution in [0.4, 0.5) is 4.79 Å². The minimum Gasteiger partial charge on any atom is -0.481 e. The van der Waals surface area contributed by atoms with Crippen molar-refractivity contribution < 1.29 is 29.0 Å². The molecule has 184 valence electrons. The number of ether oxygens (including phenoxy) is 2. The molecule has 1 aliphatic heterocycles. The fourth-order valence-electron chi connectivity index (χ4n) is 5.15. The van der Waals surface area contributed by atoms with Gasteiger partial charge in [-0.15, -0.1) is 0 Å². The molecule has 8 heteroatoms. The molecule has 0 aromatic heterocycles. The number of carboxylic acid groups (broad SMARTS) is 1. The van der Waals surface area contributed by atoms with Gasteiger partial charge in [-0.2, -0.15) is 0 Å². The fourth-order valence-corrected chi connectivity index (χ4v) is 5.15. The van der Waals surface area contributed by atoms with Crippen LogP contribution >= 0.6 is 0 Å². The molecular weight excluding hydrogens is 448 g/mol. The van der Waals surface area contributed by atoms with Gasteiger partial charge < -0.3 is 24.8 Å². The summed E-state index contributed by atoms with van der Waals surface area (Å²) >= 11 is 0. The van der Waals surface area contributed by atoms with Crippen LogP contribution in [0.15, 0.2) is 48.5 Å². The summed E-state index contributed by atoms with van der Waals surface area (Å²) in [6.07, 6.45) is 1.34. The standard InChI is InChI=1S/C27H30N2O6/c30-25(31)14-18-15-29(11-12-34-18)26(32)24(13-17-9-10-17)28-27(33)35-16-23-21-7-3-1-5-19(21)20-6-2-4-8-22(20)23/h1-8,17-18,23-24H,9-16H2,(H,28,33)(H,30,31). The maximum absolute atomic E-state index is 13.3. The summed E-state index contributed by atoms with van der Waals surface area (Å²) in [6.45, 7) is 1.05. The summed E-state index contributed by atoms with van der Waals surface area (Å²) < 4.78 is 11.1. The van der Waals surface area contributed by atoms with Crippen molar-refractivity contribution in [3.63, 3.8) is 0 Å². The zero-order valence-electron chi connectivity index (χ0n) is 19.5. The van der Waals surface area contributed by atoms with E-state index in [1.165, 1.54) is 0 Å². The molecule has 2 aromatic rings. The number of alkyl carbamates (subject to hydrolysis) is 1. The van der Waals surface area contributed by atoms with Gasteiger partial charge >= 0.3 is 12.1 Å². The van der Waals surface area contributed by atoms with E-state index < -0.39 is 24.2 Å². The van der Waals surface area contributed by atoms with Crippen LogP contribution in [0, 0.1) is 5.92 Å². The molecule has 2 unspecified atom stereocenters. The third kappa shape index (κ3) is 5.32. The van der Waals surface area contributed by atoms with Gasteiger partial charge in [-0.05, 0) is 34.6 Å². The van der Waals surface area contributed by atoms with Crippen LogP contribution < -0.4 is 5.32 Å². The van der Waals surface area contributed by atoms with Crippen molar-refractivity contribution in [2.45, 2.75) is 43.7 Å². The Morgan fingerprint density at radius 2 is 1.71 bits per heavy atom. The smallest absolute Gasteiger partial charge is 0.407 e. The number of morpholine rings is 1. The Morgan fingerprint density at radius 1 is 1.06 bits per heavy atom. The van der Waals surface area contributed by atoms with Gasteiger partial charge in [-0.25, -0.2) is 4.79 Å². The zero-order valence-corrected chi connectivity index (χ0v) is 19.5. The highest BCUT2D eigenvalue weighted by atomic mass is 16.5. The zero-order chi connectivity index (χ0) is 24.4. The fraction of sp³-hybridized carbons (Fsp3) is 0.444. The van der Waals surface area contributed by atoms with Gasteiger partial charge in [-0.1, -0.05) is 61.4 Å². The predicted octanol–water partition coefficient (Wildman–Crippen LogP) is 3.40. The number of carbonyl (C=O) groups is 3. The lowest BCUT2D eigenvalue weighted by Gasteiger charge is -2.34. The van der Waals surface area contributed by atoms with E-state index in [1.54, 1.807) is 4.90 Å². The Kier molecular flexibility index (Phi) is 6.72. The molecule has 5 rings (SSSR count). The molecule has 2 aliphatic carbocycles. The summed E-state index contributed by atoms with van der Waals surface area (Å²) in [4.78, 5) is 38.8. The Balaban J connectivity index is 1.23. The monoisotopic (exact) mass is 478 g/mol. The first-order valence-electron chi connectivity index (χ1n) is 12.2. The Morgan fingerprint density at radius 3 is 2.34 bits per heavy atom. The van der Waals surface area contributed by atoms with E-state index in [1.807, 2.05) is 24.3 Å². The third-order valence-corrected chi connectivity index (χ3v) is 7.05. The Bertz CT molecular complexity index is 1070. The van der Waals surface area contributed by atoms with Crippen LogP contribution in [0.3, 0.4) is 0 Å². The first-order chi connectivity index (χ1) is 17.0. The summed E-state index contributed by atoms with van der Waals surface area (Å²) in [5.41, 5.74) is 4.57. The van der Waals surface area contributed by atoms with Crippen molar-refractivity contribution in [2.24, 2.45) is 5.92 Å². The van der Waals surface area contributed by atoms with Crippen LogP contribution in [0.5, 0.6) is 0 Å². The first kappa shape index (κ1) is 23.4. The van der Waals surface area contributed by atoms with Crippen LogP contribution in [0.1, 0.15) is 42.7 Å². The van der Waals surface area contributed by atoms with E-state index in [2.05, 4.69) is 29.6 Å². The summed E-state index contributed by atoms with van der Waals surface area (Å²) in [7, 11) is 0. The van der Waals surface area contributed by atoms with Crippen molar-refractivity contribution in [3.8, 4) is 11.1 Å². The van der Waals surface area contributed by atoms with Crippen LogP contribution in [0.25, 0.3) is 11.1 Å². The number of carbonyl (C=O) groups excluding carboxylic acids is 2. The van der Waals surface area contributed by atoms with Crippen LogP contribution in [-0.4, -0.2) is 66.4 Å². The topological polar surface area (TPSA) is 105 Å². The largest absolute Gasteiger partial charge is 0.481 e. The number of fused-ring (bicyclic) bond motifs is 3. The molecule has 8 nitrogen and oxygen atoms in total. The number of nitrogens with zero attached hydrogens (tertiary/aromatic N) is 1. The molecule has 0 radical (unpaired) electrons. The lowest BCUT2D eigenvalue weighted by molar-refractivity contribution is -0.148. The molecule has 2 amide bonds. The molecule has 1 saturated carbocycles. The number of aliphatic carboxylic acids is 1. The van der Waals surface area contributed by atoms with Crippen molar-refractivity contribution in [1.82, 2.24) is 10.2 Å². The molecule has 1 saturated heterocycles. The van der Waals surface area contributed by atoms with E-state index in [0.717, 1.165) is 35.1 Å². The highest BCUT2D eigenvalue weighted by molar-refractivity contribution is 5.86. The van der Waals surface area contributed by atoms with Crippen molar-refractivity contribution in [1.29, 1.82) is 0 Å². The maximum atomic E-state index is 13.3. The number of hydrogen-bond donors (Lipinski definition) is 2. The molecule has 0 spiro atoms.